The normalized spacial score (nSPS) is 16.5. The summed E-state index contributed by atoms with van der Waals surface area (Å²) in [5.74, 6) is 2.85. The van der Waals surface area contributed by atoms with Gasteiger partial charge in [-0.2, -0.15) is 15.0 Å². The van der Waals surface area contributed by atoms with Crippen LogP contribution in [-0.2, 0) is 4.74 Å². The second-order valence-electron chi connectivity index (χ2n) is 7.60. The van der Waals surface area contributed by atoms with E-state index < -0.39 is 6.09 Å². The molecule has 0 unspecified atom stereocenters. The lowest BCUT2D eigenvalue weighted by Gasteiger charge is -2.21. The summed E-state index contributed by atoms with van der Waals surface area (Å²) in [7, 11) is 0. The average molecular weight is 434 g/mol. The van der Waals surface area contributed by atoms with Gasteiger partial charge in [-0.1, -0.05) is 44.2 Å². The molecule has 0 saturated carbocycles. The molecule has 4 rings (SSSR count). The van der Waals surface area contributed by atoms with Crippen LogP contribution in [0.1, 0.15) is 44.1 Å². The van der Waals surface area contributed by atoms with Gasteiger partial charge in [0, 0.05) is 0 Å². The molecule has 0 spiro atoms. The van der Waals surface area contributed by atoms with E-state index >= 15 is 0 Å². The van der Waals surface area contributed by atoms with Gasteiger partial charge in [0.05, 0.1) is 12.1 Å². The third kappa shape index (κ3) is 4.80. The Bertz CT molecular complexity index is 1060. The summed E-state index contributed by atoms with van der Waals surface area (Å²) in [5.41, 5.74) is 1.08. The van der Waals surface area contributed by atoms with Gasteiger partial charge in [0.1, 0.15) is 23.9 Å². The number of cyclic esters (lactones) is 1. The highest BCUT2D eigenvalue weighted by molar-refractivity contribution is 5.88. The summed E-state index contributed by atoms with van der Waals surface area (Å²) in [6.07, 6.45) is 1.16. The standard InChI is InChI=1S/C24H27N5O3/c1-4-18-15-31-24(30)29(18)23-26-16(3)25-22(28-23)27-21(5-2)17-11-13-20(14-12-17)32-19-9-7-6-8-10-19/h6-14,18,21H,4-5,15H2,1-3H3,(H,25,26,27,28)/t18-,21-/m0/s1. The van der Waals surface area contributed by atoms with Crippen molar-refractivity contribution in [2.75, 3.05) is 16.8 Å². The number of carbonyl (C=O) groups is 1. The minimum absolute atomic E-state index is 0.0112. The van der Waals surface area contributed by atoms with Crippen LogP contribution >= 0.6 is 0 Å². The van der Waals surface area contributed by atoms with Crippen molar-refractivity contribution < 1.29 is 14.3 Å². The zero-order valence-corrected chi connectivity index (χ0v) is 18.5. The Morgan fingerprint density at radius 3 is 2.47 bits per heavy atom. The summed E-state index contributed by atoms with van der Waals surface area (Å²) in [5, 5.41) is 3.38. The molecule has 0 radical (unpaired) electrons. The van der Waals surface area contributed by atoms with Crippen LogP contribution in [0, 0.1) is 6.92 Å². The number of aryl methyl sites for hydroxylation is 1. The van der Waals surface area contributed by atoms with Gasteiger partial charge in [-0.3, -0.25) is 0 Å². The van der Waals surface area contributed by atoms with E-state index in [0.29, 0.717) is 24.3 Å². The molecule has 1 aromatic heterocycles. The maximum atomic E-state index is 12.2. The lowest BCUT2D eigenvalue weighted by atomic mass is 10.0. The number of rotatable bonds is 8. The van der Waals surface area contributed by atoms with Gasteiger partial charge in [-0.05, 0) is 49.6 Å². The Morgan fingerprint density at radius 2 is 1.78 bits per heavy atom. The highest BCUT2D eigenvalue weighted by atomic mass is 16.6. The van der Waals surface area contributed by atoms with Gasteiger partial charge >= 0.3 is 6.09 Å². The Morgan fingerprint density at radius 1 is 1.06 bits per heavy atom. The molecular weight excluding hydrogens is 406 g/mol. The first-order chi connectivity index (χ1) is 15.6. The minimum Gasteiger partial charge on any atom is -0.457 e. The first-order valence-electron chi connectivity index (χ1n) is 10.9. The highest BCUT2D eigenvalue weighted by Gasteiger charge is 2.35. The van der Waals surface area contributed by atoms with Crippen LogP contribution in [0.5, 0.6) is 11.5 Å². The molecule has 1 N–H and O–H groups in total. The molecular formula is C24H27N5O3. The Kier molecular flexibility index (Phi) is 6.49. The molecule has 1 aliphatic rings. The van der Waals surface area contributed by atoms with Gasteiger partial charge in [0.2, 0.25) is 11.9 Å². The van der Waals surface area contributed by atoms with Gasteiger partial charge < -0.3 is 14.8 Å². The van der Waals surface area contributed by atoms with Crippen molar-refractivity contribution >= 4 is 18.0 Å². The maximum Gasteiger partial charge on any atom is 0.417 e. The summed E-state index contributed by atoms with van der Waals surface area (Å²) in [6.45, 7) is 6.23. The van der Waals surface area contributed by atoms with E-state index in [0.717, 1.165) is 29.9 Å². The average Bonchev–Trinajstić information content (AvgIpc) is 3.19. The number of ether oxygens (including phenoxy) is 2. The number of nitrogens with one attached hydrogen (secondary N) is 1. The fourth-order valence-corrected chi connectivity index (χ4v) is 3.62. The zero-order valence-electron chi connectivity index (χ0n) is 18.5. The molecule has 1 fully saturated rings. The third-order valence-corrected chi connectivity index (χ3v) is 5.36. The minimum atomic E-state index is -0.422. The van der Waals surface area contributed by atoms with Gasteiger partial charge in [0.15, 0.2) is 0 Å². The second kappa shape index (κ2) is 9.64. The number of para-hydroxylation sites is 1. The number of benzene rings is 2. The van der Waals surface area contributed by atoms with E-state index in [1.807, 2.05) is 61.5 Å². The molecule has 8 heteroatoms. The Balaban J connectivity index is 1.51. The molecule has 0 bridgehead atoms. The van der Waals surface area contributed by atoms with Crippen LogP contribution in [0.4, 0.5) is 16.7 Å². The molecule has 166 valence electrons. The molecule has 2 aromatic carbocycles. The number of nitrogens with zero attached hydrogens (tertiary/aromatic N) is 4. The number of anilines is 2. The monoisotopic (exact) mass is 433 g/mol. The predicted molar refractivity (Wildman–Crippen MR) is 122 cm³/mol. The molecule has 32 heavy (non-hydrogen) atoms. The van der Waals surface area contributed by atoms with E-state index in [-0.39, 0.29) is 12.1 Å². The van der Waals surface area contributed by atoms with Crippen molar-refractivity contribution in [1.29, 1.82) is 0 Å². The fraction of sp³-hybridized carbons (Fsp3) is 0.333. The highest BCUT2D eigenvalue weighted by Crippen LogP contribution is 2.27. The van der Waals surface area contributed by atoms with Crippen LogP contribution in [0.15, 0.2) is 54.6 Å². The van der Waals surface area contributed by atoms with Crippen LogP contribution in [-0.4, -0.2) is 33.7 Å². The Labute approximate surface area is 187 Å². The molecule has 2 atom stereocenters. The van der Waals surface area contributed by atoms with Crippen molar-refractivity contribution in [3.63, 3.8) is 0 Å². The topological polar surface area (TPSA) is 89.5 Å². The first kappa shape index (κ1) is 21.5. The van der Waals surface area contributed by atoms with Crippen LogP contribution in [0.3, 0.4) is 0 Å². The quantitative estimate of drug-likeness (QED) is 0.517. The van der Waals surface area contributed by atoms with E-state index in [4.69, 9.17) is 9.47 Å². The first-order valence-corrected chi connectivity index (χ1v) is 10.9. The summed E-state index contributed by atoms with van der Waals surface area (Å²) < 4.78 is 11.1. The van der Waals surface area contributed by atoms with Crippen LogP contribution in [0.25, 0.3) is 0 Å². The van der Waals surface area contributed by atoms with Gasteiger partial charge in [-0.25, -0.2) is 9.69 Å². The van der Waals surface area contributed by atoms with Crippen LogP contribution in [0.2, 0.25) is 0 Å². The number of hydrogen-bond donors (Lipinski definition) is 1. The third-order valence-electron chi connectivity index (χ3n) is 5.36. The van der Waals surface area contributed by atoms with Crippen molar-refractivity contribution in [2.24, 2.45) is 0 Å². The molecule has 1 saturated heterocycles. The van der Waals surface area contributed by atoms with Crippen molar-refractivity contribution in [2.45, 2.75) is 45.7 Å². The van der Waals surface area contributed by atoms with Gasteiger partial charge in [0.25, 0.3) is 0 Å². The number of aromatic nitrogens is 3. The Hall–Kier alpha value is -3.68. The van der Waals surface area contributed by atoms with Crippen molar-refractivity contribution in [3.8, 4) is 11.5 Å². The number of amides is 1. The van der Waals surface area contributed by atoms with Gasteiger partial charge in [-0.15, -0.1) is 0 Å². The predicted octanol–water partition coefficient (Wildman–Crippen LogP) is 5.27. The summed E-state index contributed by atoms with van der Waals surface area (Å²) >= 11 is 0. The molecule has 1 amide bonds. The van der Waals surface area contributed by atoms with E-state index in [9.17, 15) is 4.79 Å². The maximum absolute atomic E-state index is 12.2. The fourth-order valence-electron chi connectivity index (χ4n) is 3.62. The lowest BCUT2D eigenvalue weighted by molar-refractivity contribution is 0.178. The van der Waals surface area contributed by atoms with Crippen molar-refractivity contribution in [1.82, 2.24) is 15.0 Å². The smallest absolute Gasteiger partial charge is 0.417 e. The largest absolute Gasteiger partial charge is 0.457 e. The molecule has 2 heterocycles. The van der Waals surface area contributed by atoms with E-state index in [1.165, 1.54) is 4.90 Å². The number of hydrogen-bond acceptors (Lipinski definition) is 7. The summed E-state index contributed by atoms with van der Waals surface area (Å²) in [6, 6.07) is 17.5. The van der Waals surface area contributed by atoms with E-state index in [2.05, 4.69) is 27.2 Å². The lowest BCUT2D eigenvalue weighted by Crippen LogP contribution is -2.34. The number of carbonyl (C=O) groups excluding carboxylic acids is 1. The van der Waals surface area contributed by atoms with E-state index in [1.54, 1.807) is 6.92 Å². The molecule has 3 aromatic rings. The molecule has 1 aliphatic heterocycles. The zero-order chi connectivity index (χ0) is 22.5. The second-order valence-corrected chi connectivity index (χ2v) is 7.60. The van der Waals surface area contributed by atoms with Crippen molar-refractivity contribution in [3.05, 3.63) is 66.0 Å². The van der Waals surface area contributed by atoms with Crippen LogP contribution < -0.4 is 15.0 Å². The molecule has 8 nitrogen and oxygen atoms in total. The molecule has 0 aliphatic carbocycles. The SMILES string of the molecule is CC[C@H]1COC(=O)N1c1nc(C)nc(N[C@@H](CC)c2ccc(Oc3ccccc3)cc2)n1. The summed E-state index contributed by atoms with van der Waals surface area (Å²) in [4.78, 5) is 27.0.